The van der Waals surface area contributed by atoms with Gasteiger partial charge < -0.3 is 5.11 Å². The Labute approximate surface area is 178 Å². The van der Waals surface area contributed by atoms with E-state index in [0.29, 0.717) is 0 Å². The molecule has 1 N–H and O–H groups in total. The molecule has 0 aromatic heterocycles. The summed E-state index contributed by atoms with van der Waals surface area (Å²) in [4.78, 5) is 11.7. The Morgan fingerprint density at radius 3 is 1.79 bits per heavy atom. The van der Waals surface area contributed by atoms with Crippen molar-refractivity contribution in [3.63, 3.8) is 0 Å². The third kappa shape index (κ3) is 8.87. The molecule has 134 valence electrons. The fourth-order valence-corrected chi connectivity index (χ4v) is 3.15. The number of rotatable bonds is 13. The van der Waals surface area contributed by atoms with E-state index in [-0.39, 0.29) is 37.7 Å². The van der Waals surface area contributed by atoms with E-state index in [1.54, 1.807) is 0 Å². The number of carboxylic acid groups (broad SMARTS) is 1. The van der Waals surface area contributed by atoms with Crippen molar-refractivity contribution < 1.29 is 9.90 Å². The predicted octanol–water partition coefficient (Wildman–Crippen LogP) is 5.42. The Kier molecular flexibility index (Phi) is 14.1. The van der Waals surface area contributed by atoms with Crippen LogP contribution >= 0.6 is 0 Å². The fraction of sp³-hybridized carbons (Fsp3) is 0.667. The topological polar surface area (TPSA) is 37.3 Å². The van der Waals surface area contributed by atoms with Gasteiger partial charge in [0.25, 0.3) is 0 Å². The molecule has 0 saturated carbocycles. The maximum absolute atomic E-state index is 11.7. The van der Waals surface area contributed by atoms with E-state index in [9.17, 15) is 9.90 Å². The van der Waals surface area contributed by atoms with Crippen LogP contribution in [0.5, 0.6) is 0 Å². The van der Waals surface area contributed by atoms with Gasteiger partial charge in [0.2, 0.25) is 0 Å². The predicted molar refractivity (Wildman–Crippen MR) is 106 cm³/mol. The van der Waals surface area contributed by atoms with E-state index >= 15 is 0 Å². The summed E-state index contributed by atoms with van der Waals surface area (Å²) in [7, 11) is 0. The van der Waals surface area contributed by atoms with Crippen molar-refractivity contribution >= 4 is 43.7 Å². The van der Waals surface area contributed by atoms with Crippen molar-refractivity contribution in [1.29, 1.82) is 0 Å². The monoisotopic (exact) mass is 360 g/mol. The van der Waals surface area contributed by atoms with Gasteiger partial charge >= 0.3 is 43.7 Å². The van der Waals surface area contributed by atoms with Crippen molar-refractivity contribution in [1.82, 2.24) is 0 Å². The van der Waals surface area contributed by atoms with Gasteiger partial charge in [0.05, 0.1) is 5.41 Å². The number of unbranched alkanes of at least 4 members (excludes halogenated alkanes) is 9. The van der Waals surface area contributed by atoms with Gasteiger partial charge in [0.15, 0.2) is 0 Å². The minimum atomic E-state index is -0.749. The Bertz CT molecular complexity index is 433. The second kappa shape index (κ2) is 14.2. The van der Waals surface area contributed by atoms with Crippen LogP contribution in [0.4, 0.5) is 0 Å². The molecule has 1 atom stereocenters. The van der Waals surface area contributed by atoms with Gasteiger partial charge in [-0.25, -0.2) is 0 Å². The number of benzene rings is 1. The van der Waals surface area contributed by atoms with Crippen molar-refractivity contribution in [2.24, 2.45) is 0 Å². The molecule has 0 aliphatic carbocycles. The molecular weight excluding hydrogens is 324 g/mol. The first kappa shape index (κ1) is 23.9. The number of hydrogen-bond acceptors (Lipinski definition) is 1. The van der Waals surface area contributed by atoms with Gasteiger partial charge in [-0.3, -0.25) is 4.79 Å². The van der Waals surface area contributed by atoms with Crippen LogP contribution in [0.25, 0.3) is 0 Å². The van der Waals surface area contributed by atoms with Gasteiger partial charge in [0, 0.05) is 0 Å². The van der Waals surface area contributed by atoms with Crippen LogP contribution in [0, 0.1) is 0 Å². The SMILES string of the molecule is CCCCCCCCCCCCC(C)(C(=O)O)c1ccccc1.[CaH2]. The zero-order valence-electron chi connectivity index (χ0n) is 15.0. The fourth-order valence-electron chi connectivity index (χ4n) is 3.15. The molecule has 24 heavy (non-hydrogen) atoms. The summed E-state index contributed by atoms with van der Waals surface area (Å²) >= 11 is 0. The summed E-state index contributed by atoms with van der Waals surface area (Å²) in [5.41, 5.74) is 0.171. The van der Waals surface area contributed by atoms with E-state index in [2.05, 4.69) is 6.92 Å². The number of hydrogen-bond donors (Lipinski definition) is 1. The third-order valence-electron chi connectivity index (χ3n) is 4.91. The minimum absolute atomic E-state index is 0. The average Bonchev–Trinajstić information content (AvgIpc) is 2.57. The van der Waals surface area contributed by atoms with E-state index < -0.39 is 11.4 Å². The van der Waals surface area contributed by atoms with Gasteiger partial charge in [-0.2, -0.15) is 0 Å². The summed E-state index contributed by atoms with van der Waals surface area (Å²) < 4.78 is 0. The quantitative estimate of drug-likeness (QED) is 0.376. The summed E-state index contributed by atoms with van der Waals surface area (Å²) in [6.07, 6.45) is 13.5. The Hall–Kier alpha value is -0.0503. The number of aliphatic carboxylic acids is 1. The van der Waals surface area contributed by atoms with Crippen LogP contribution < -0.4 is 0 Å². The van der Waals surface area contributed by atoms with E-state index in [1.165, 1.54) is 51.4 Å². The van der Waals surface area contributed by atoms with Crippen LogP contribution in [0.2, 0.25) is 0 Å². The summed E-state index contributed by atoms with van der Waals surface area (Å²) in [5, 5.41) is 9.63. The summed E-state index contributed by atoms with van der Waals surface area (Å²) in [5.74, 6) is -0.709. The van der Waals surface area contributed by atoms with Gasteiger partial charge in [0.1, 0.15) is 0 Å². The molecule has 1 aromatic rings. The standard InChI is InChI=1S/C21H34O2.Ca.2H/c1-3-4-5-6-7-8-9-10-11-15-18-21(2,20(22)23)19-16-13-12-14-17-19;;;/h12-14,16-17H,3-11,15,18H2,1-2H3,(H,22,23);;;. The van der Waals surface area contributed by atoms with Crippen LogP contribution in [-0.2, 0) is 10.2 Å². The van der Waals surface area contributed by atoms with Crippen molar-refractivity contribution in [3.8, 4) is 0 Å². The molecule has 1 aromatic carbocycles. The molecular formula is C21H36CaO2. The van der Waals surface area contributed by atoms with E-state index in [0.717, 1.165) is 24.8 Å². The molecule has 0 spiro atoms. The number of carbonyl (C=O) groups is 1. The third-order valence-corrected chi connectivity index (χ3v) is 4.91. The van der Waals surface area contributed by atoms with Crippen LogP contribution in [-0.4, -0.2) is 48.8 Å². The Morgan fingerprint density at radius 1 is 0.875 bits per heavy atom. The first-order valence-electron chi connectivity index (χ1n) is 9.40. The van der Waals surface area contributed by atoms with Crippen LogP contribution in [0.15, 0.2) is 30.3 Å². The molecule has 0 amide bonds. The molecule has 0 heterocycles. The molecule has 0 fully saturated rings. The molecule has 0 aliphatic heterocycles. The molecule has 0 bridgehead atoms. The normalized spacial score (nSPS) is 13.1. The Morgan fingerprint density at radius 2 is 1.33 bits per heavy atom. The first-order valence-corrected chi connectivity index (χ1v) is 9.40. The molecule has 0 radical (unpaired) electrons. The Balaban J connectivity index is 0.00000529. The molecule has 1 rings (SSSR count). The van der Waals surface area contributed by atoms with Gasteiger partial charge in [-0.1, -0.05) is 101 Å². The summed E-state index contributed by atoms with van der Waals surface area (Å²) in [6, 6.07) is 9.66. The van der Waals surface area contributed by atoms with Crippen molar-refractivity contribution in [2.75, 3.05) is 0 Å². The molecule has 0 saturated heterocycles. The molecule has 2 nitrogen and oxygen atoms in total. The summed E-state index contributed by atoms with van der Waals surface area (Å²) in [6.45, 7) is 4.11. The molecule has 3 heteroatoms. The van der Waals surface area contributed by atoms with Crippen molar-refractivity contribution in [2.45, 2.75) is 89.9 Å². The second-order valence-corrected chi connectivity index (χ2v) is 6.94. The van der Waals surface area contributed by atoms with Gasteiger partial charge in [-0.05, 0) is 18.9 Å². The van der Waals surface area contributed by atoms with Crippen LogP contribution in [0.3, 0.4) is 0 Å². The average molecular weight is 361 g/mol. The molecule has 0 aliphatic rings. The van der Waals surface area contributed by atoms with Gasteiger partial charge in [-0.15, -0.1) is 0 Å². The zero-order chi connectivity index (χ0) is 17.0. The van der Waals surface area contributed by atoms with E-state index in [4.69, 9.17) is 0 Å². The van der Waals surface area contributed by atoms with E-state index in [1.807, 2.05) is 37.3 Å². The second-order valence-electron chi connectivity index (χ2n) is 6.94. The number of carboxylic acids is 1. The van der Waals surface area contributed by atoms with Crippen LogP contribution in [0.1, 0.15) is 90.0 Å². The first-order chi connectivity index (χ1) is 11.1. The maximum atomic E-state index is 11.7. The van der Waals surface area contributed by atoms with Crippen molar-refractivity contribution in [3.05, 3.63) is 35.9 Å². The molecule has 1 unspecified atom stereocenters. The zero-order valence-corrected chi connectivity index (χ0v) is 15.0.